The fourth-order valence-corrected chi connectivity index (χ4v) is 1.24. The quantitative estimate of drug-likeness (QED) is 0.609. The highest BCUT2D eigenvalue weighted by molar-refractivity contribution is 5.74. The van der Waals surface area contributed by atoms with E-state index in [1.165, 1.54) is 12.8 Å². The lowest BCUT2D eigenvalue weighted by molar-refractivity contribution is 0.237. The van der Waals surface area contributed by atoms with Gasteiger partial charge in [-0.1, -0.05) is 33.1 Å². The van der Waals surface area contributed by atoms with Crippen molar-refractivity contribution in [2.45, 2.75) is 58.9 Å². The van der Waals surface area contributed by atoms with E-state index in [1.807, 2.05) is 0 Å². The van der Waals surface area contributed by atoms with Gasteiger partial charge in [-0.2, -0.15) is 0 Å². The molecule has 0 aliphatic carbocycles. The molecule has 0 aromatic heterocycles. The van der Waals surface area contributed by atoms with Gasteiger partial charge < -0.3 is 10.6 Å². The van der Waals surface area contributed by atoms with Crippen LogP contribution in [-0.4, -0.2) is 18.6 Å². The van der Waals surface area contributed by atoms with Crippen molar-refractivity contribution in [3.05, 3.63) is 0 Å². The van der Waals surface area contributed by atoms with Crippen molar-refractivity contribution < 1.29 is 4.79 Å². The van der Waals surface area contributed by atoms with E-state index >= 15 is 0 Å². The summed E-state index contributed by atoms with van der Waals surface area (Å²) in [6, 6.07) is 0.263. The molecular formula is C11H24N2O. The highest BCUT2D eigenvalue weighted by Crippen LogP contribution is 1.98. The molecule has 0 fully saturated rings. The van der Waals surface area contributed by atoms with Gasteiger partial charge in [-0.15, -0.1) is 0 Å². The standard InChI is InChI=1S/C11H24N2O/c1-4-6-8-10(3)13-11(14)12-9-7-5-2/h10H,4-9H2,1-3H3,(H2,12,13,14). The van der Waals surface area contributed by atoms with Gasteiger partial charge >= 0.3 is 6.03 Å². The summed E-state index contributed by atoms with van der Waals surface area (Å²) in [6.07, 6.45) is 5.60. The van der Waals surface area contributed by atoms with Crippen LogP contribution in [0, 0.1) is 0 Å². The first-order chi connectivity index (χ1) is 6.70. The lowest BCUT2D eigenvalue weighted by Crippen LogP contribution is -2.41. The molecule has 3 nitrogen and oxygen atoms in total. The topological polar surface area (TPSA) is 41.1 Å². The number of rotatable bonds is 7. The summed E-state index contributed by atoms with van der Waals surface area (Å²) in [7, 11) is 0. The maximum atomic E-state index is 11.3. The van der Waals surface area contributed by atoms with Gasteiger partial charge in [-0.3, -0.25) is 0 Å². The second kappa shape index (κ2) is 8.85. The predicted molar refractivity (Wildman–Crippen MR) is 60.4 cm³/mol. The summed E-state index contributed by atoms with van der Waals surface area (Å²) in [5.74, 6) is 0. The fourth-order valence-electron chi connectivity index (χ4n) is 1.24. The van der Waals surface area contributed by atoms with Crippen molar-refractivity contribution in [3.63, 3.8) is 0 Å². The van der Waals surface area contributed by atoms with E-state index in [1.54, 1.807) is 0 Å². The minimum Gasteiger partial charge on any atom is -0.338 e. The summed E-state index contributed by atoms with van der Waals surface area (Å²) in [5.41, 5.74) is 0. The lowest BCUT2D eigenvalue weighted by atomic mass is 10.1. The first-order valence-electron chi connectivity index (χ1n) is 5.75. The van der Waals surface area contributed by atoms with E-state index in [0.29, 0.717) is 0 Å². The Morgan fingerprint density at radius 2 is 1.86 bits per heavy atom. The van der Waals surface area contributed by atoms with Crippen LogP contribution in [0.1, 0.15) is 52.9 Å². The van der Waals surface area contributed by atoms with Crippen molar-refractivity contribution in [1.29, 1.82) is 0 Å². The number of carbonyl (C=O) groups excluding carboxylic acids is 1. The van der Waals surface area contributed by atoms with E-state index < -0.39 is 0 Å². The second-order valence-electron chi connectivity index (χ2n) is 3.80. The highest BCUT2D eigenvalue weighted by atomic mass is 16.2. The monoisotopic (exact) mass is 200 g/mol. The van der Waals surface area contributed by atoms with Crippen molar-refractivity contribution in [2.24, 2.45) is 0 Å². The van der Waals surface area contributed by atoms with Gasteiger partial charge in [0.1, 0.15) is 0 Å². The van der Waals surface area contributed by atoms with Crippen molar-refractivity contribution >= 4 is 6.03 Å². The van der Waals surface area contributed by atoms with Gasteiger partial charge in [0.05, 0.1) is 0 Å². The first-order valence-corrected chi connectivity index (χ1v) is 5.75. The largest absolute Gasteiger partial charge is 0.338 e. The molecule has 0 aliphatic rings. The number of hydrogen-bond donors (Lipinski definition) is 2. The summed E-state index contributed by atoms with van der Waals surface area (Å²) in [6.45, 7) is 7.11. The molecule has 84 valence electrons. The van der Waals surface area contributed by atoms with E-state index in [0.717, 1.165) is 25.8 Å². The molecule has 0 aromatic carbocycles. The molecule has 0 aliphatic heterocycles. The minimum absolute atomic E-state index is 0.0259. The van der Waals surface area contributed by atoms with Gasteiger partial charge in [0.25, 0.3) is 0 Å². The first kappa shape index (κ1) is 13.3. The number of unbranched alkanes of at least 4 members (excludes halogenated alkanes) is 2. The molecule has 0 heterocycles. The average molecular weight is 200 g/mol. The summed E-state index contributed by atoms with van der Waals surface area (Å²) < 4.78 is 0. The van der Waals surface area contributed by atoms with Crippen molar-refractivity contribution in [1.82, 2.24) is 10.6 Å². The molecule has 0 saturated carbocycles. The Labute approximate surface area is 87.6 Å². The molecule has 0 aromatic rings. The number of urea groups is 1. The van der Waals surface area contributed by atoms with Crippen LogP contribution in [0.4, 0.5) is 4.79 Å². The molecule has 1 unspecified atom stereocenters. The average Bonchev–Trinajstić information content (AvgIpc) is 2.15. The molecule has 2 N–H and O–H groups in total. The molecule has 3 heteroatoms. The second-order valence-corrected chi connectivity index (χ2v) is 3.80. The Hall–Kier alpha value is -0.730. The molecule has 0 saturated heterocycles. The zero-order valence-electron chi connectivity index (χ0n) is 9.73. The van der Waals surface area contributed by atoms with E-state index in [9.17, 15) is 4.79 Å². The third-order valence-electron chi connectivity index (χ3n) is 2.18. The third kappa shape index (κ3) is 7.90. The van der Waals surface area contributed by atoms with E-state index in [2.05, 4.69) is 31.4 Å². The third-order valence-corrected chi connectivity index (χ3v) is 2.18. The van der Waals surface area contributed by atoms with Crippen LogP contribution in [0.15, 0.2) is 0 Å². The molecule has 0 rings (SSSR count). The van der Waals surface area contributed by atoms with Crippen LogP contribution in [0.5, 0.6) is 0 Å². The van der Waals surface area contributed by atoms with Gasteiger partial charge in [0.15, 0.2) is 0 Å². The molecule has 0 spiro atoms. The summed E-state index contributed by atoms with van der Waals surface area (Å²) >= 11 is 0. The molecule has 0 bridgehead atoms. The predicted octanol–water partition coefficient (Wildman–Crippen LogP) is 2.66. The van der Waals surface area contributed by atoms with Crippen LogP contribution < -0.4 is 10.6 Å². The van der Waals surface area contributed by atoms with Crippen LogP contribution in [0.3, 0.4) is 0 Å². The summed E-state index contributed by atoms with van der Waals surface area (Å²) in [4.78, 5) is 11.3. The van der Waals surface area contributed by atoms with Gasteiger partial charge in [-0.25, -0.2) is 4.79 Å². The molecule has 2 amide bonds. The van der Waals surface area contributed by atoms with Crippen LogP contribution in [0.2, 0.25) is 0 Å². The van der Waals surface area contributed by atoms with Crippen molar-refractivity contribution in [3.8, 4) is 0 Å². The Balaban J connectivity index is 3.40. The summed E-state index contributed by atoms with van der Waals surface area (Å²) in [5, 5.41) is 5.76. The molecule has 1 atom stereocenters. The smallest absolute Gasteiger partial charge is 0.314 e. The zero-order chi connectivity index (χ0) is 10.8. The number of amides is 2. The molecule has 0 radical (unpaired) electrons. The Kier molecular flexibility index (Phi) is 8.39. The highest BCUT2D eigenvalue weighted by Gasteiger charge is 2.04. The molecule has 14 heavy (non-hydrogen) atoms. The molecular weight excluding hydrogens is 176 g/mol. The Bertz CT molecular complexity index is 148. The lowest BCUT2D eigenvalue weighted by Gasteiger charge is -2.13. The zero-order valence-corrected chi connectivity index (χ0v) is 9.73. The maximum Gasteiger partial charge on any atom is 0.314 e. The van der Waals surface area contributed by atoms with E-state index in [-0.39, 0.29) is 12.1 Å². The Morgan fingerprint density at radius 3 is 2.43 bits per heavy atom. The minimum atomic E-state index is -0.0259. The van der Waals surface area contributed by atoms with Gasteiger partial charge in [0.2, 0.25) is 0 Å². The van der Waals surface area contributed by atoms with Crippen LogP contribution in [0.25, 0.3) is 0 Å². The van der Waals surface area contributed by atoms with E-state index in [4.69, 9.17) is 0 Å². The van der Waals surface area contributed by atoms with Crippen LogP contribution >= 0.6 is 0 Å². The SMILES string of the molecule is CCCCNC(=O)NC(C)CCCC. The normalized spacial score (nSPS) is 12.2. The van der Waals surface area contributed by atoms with Gasteiger partial charge in [-0.05, 0) is 19.8 Å². The van der Waals surface area contributed by atoms with Gasteiger partial charge in [0, 0.05) is 12.6 Å². The number of hydrogen-bond acceptors (Lipinski definition) is 1. The number of nitrogens with one attached hydrogen (secondary N) is 2. The van der Waals surface area contributed by atoms with Crippen molar-refractivity contribution in [2.75, 3.05) is 6.54 Å². The maximum absolute atomic E-state index is 11.3. The number of carbonyl (C=O) groups is 1. The van der Waals surface area contributed by atoms with Crippen LogP contribution in [-0.2, 0) is 0 Å². The Morgan fingerprint density at radius 1 is 1.21 bits per heavy atom. The fraction of sp³-hybridized carbons (Fsp3) is 0.909.